The van der Waals surface area contributed by atoms with Crippen molar-refractivity contribution in [3.8, 4) is 22.7 Å². The zero-order chi connectivity index (χ0) is 17.9. The first-order chi connectivity index (χ1) is 12.7. The molecule has 0 radical (unpaired) electrons. The van der Waals surface area contributed by atoms with Crippen LogP contribution in [0.5, 0.6) is 0 Å². The molecule has 26 heavy (non-hydrogen) atoms. The second-order valence-corrected chi connectivity index (χ2v) is 6.67. The Morgan fingerprint density at radius 3 is 2.73 bits per heavy atom. The van der Waals surface area contributed by atoms with E-state index < -0.39 is 0 Å². The monoisotopic (exact) mass is 387 g/mol. The molecule has 0 aliphatic rings. The van der Waals surface area contributed by atoms with Gasteiger partial charge in [-0.2, -0.15) is 4.98 Å². The normalized spacial score (nSPS) is 11.0. The van der Waals surface area contributed by atoms with Gasteiger partial charge in [-0.05, 0) is 36.4 Å². The SMILES string of the molecule is Fc1ccc(-c2cnc(SCc3nc(-c4cccc(Cl)c4)no3)o2)cc1. The van der Waals surface area contributed by atoms with E-state index in [1.165, 1.54) is 23.9 Å². The first-order valence-electron chi connectivity index (χ1n) is 7.60. The topological polar surface area (TPSA) is 65.0 Å². The number of oxazole rings is 1. The van der Waals surface area contributed by atoms with Crippen LogP contribution in [-0.4, -0.2) is 15.1 Å². The Bertz CT molecular complexity index is 1030. The van der Waals surface area contributed by atoms with E-state index >= 15 is 0 Å². The minimum atomic E-state index is -0.297. The van der Waals surface area contributed by atoms with Crippen LogP contribution in [-0.2, 0) is 5.75 Å². The average molecular weight is 388 g/mol. The predicted molar refractivity (Wildman–Crippen MR) is 96.2 cm³/mol. The summed E-state index contributed by atoms with van der Waals surface area (Å²) in [6.45, 7) is 0. The molecule has 0 aliphatic heterocycles. The molecule has 2 aromatic carbocycles. The third-order valence-corrected chi connectivity index (χ3v) is 4.55. The molecule has 0 spiro atoms. The second-order valence-electron chi connectivity index (χ2n) is 5.31. The van der Waals surface area contributed by atoms with Crippen LogP contribution in [0.25, 0.3) is 22.7 Å². The van der Waals surface area contributed by atoms with Crippen molar-refractivity contribution in [3.05, 3.63) is 71.5 Å². The van der Waals surface area contributed by atoms with E-state index in [0.717, 1.165) is 11.1 Å². The summed E-state index contributed by atoms with van der Waals surface area (Å²) in [5, 5.41) is 5.03. The number of benzene rings is 2. The smallest absolute Gasteiger partial charge is 0.256 e. The summed E-state index contributed by atoms with van der Waals surface area (Å²) in [5.41, 5.74) is 1.54. The molecule has 4 rings (SSSR count). The van der Waals surface area contributed by atoms with Gasteiger partial charge in [0.25, 0.3) is 5.22 Å². The Kier molecular flexibility index (Phi) is 4.73. The highest BCUT2D eigenvalue weighted by atomic mass is 35.5. The Balaban J connectivity index is 1.43. The lowest BCUT2D eigenvalue weighted by Gasteiger charge is -1.95. The summed E-state index contributed by atoms with van der Waals surface area (Å²) in [4.78, 5) is 8.54. The summed E-state index contributed by atoms with van der Waals surface area (Å²) in [6.07, 6.45) is 1.60. The molecule has 0 aliphatic carbocycles. The Labute approximate surface area is 157 Å². The number of halogens is 2. The van der Waals surface area contributed by atoms with Crippen LogP contribution in [0.15, 0.2) is 68.9 Å². The number of aromatic nitrogens is 3. The second kappa shape index (κ2) is 7.31. The molecule has 0 atom stereocenters. The van der Waals surface area contributed by atoms with Gasteiger partial charge in [0, 0.05) is 16.1 Å². The van der Waals surface area contributed by atoms with Gasteiger partial charge in [-0.25, -0.2) is 9.37 Å². The maximum absolute atomic E-state index is 13.0. The number of thioether (sulfide) groups is 1. The molecule has 0 saturated heterocycles. The molecule has 0 unspecified atom stereocenters. The van der Waals surface area contributed by atoms with Gasteiger partial charge in [0.05, 0.1) is 11.9 Å². The number of nitrogens with zero attached hydrogens (tertiary/aromatic N) is 3. The van der Waals surface area contributed by atoms with Gasteiger partial charge in [0.2, 0.25) is 11.7 Å². The summed E-state index contributed by atoms with van der Waals surface area (Å²) in [7, 11) is 0. The van der Waals surface area contributed by atoms with Gasteiger partial charge in [0.1, 0.15) is 5.82 Å². The van der Waals surface area contributed by atoms with Crippen LogP contribution < -0.4 is 0 Å². The molecule has 0 saturated carbocycles. The van der Waals surface area contributed by atoms with Gasteiger partial charge in [-0.15, -0.1) is 0 Å². The van der Waals surface area contributed by atoms with Crippen molar-refractivity contribution in [1.29, 1.82) is 0 Å². The van der Waals surface area contributed by atoms with Crippen molar-refractivity contribution >= 4 is 23.4 Å². The molecule has 4 aromatic rings. The fourth-order valence-corrected chi connectivity index (χ4v) is 3.08. The Morgan fingerprint density at radius 1 is 1.08 bits per heavy atom. The van der Waals surface area contributed by atoms with Crippen LogP contribution in [0.1, 0.15) is 5.89 Å². The minimum absolute atomic E-state index is 0.297. The minimum Gasteiger partial charge on any atom is -0.431 e. The molecule has 0 amide bonds. The quantitative estimate of drug-likeness (QED) is 0.423. The molecule has 0 N–H and O–H groups in total. The lowest BCUT2D eigenvalue weighted by Crippen LogP contribution is -1.83. The molecule has 2 aromatic heterocycles. The standard InChI is InChI=1S/C18H11ClFN3O2S/c19-13-3-1-2-12(8-13)17-22-16(25-23-17)10-26-18-21-9-15(24-18)11-4-6-14(20)7-5-11/h1-9H,10H2. The molecule has 5 nitrogen and oxygen atoms in total. The summed E-state index contributed by atoms with van der Waals surface area (Å²) in [5.74, 6) is 1.61. The van der Waals surface area contributed by atoms with E-state index in [2.05, 4.69) is 15.1 Å². The van der Waals surface area contributed by atoms with Gasteiger partial charge >= 0.3 is 0 Å². The van der Waals surface area contributed by atoms with Crippen LogP contribution >= 0.6 is 23.4 Å². The van der Waals surface area contributed by atoms with Crippen molar-refractivity contribution < 1.29 is 13.3 Å². The fourth-order valence-electron chi connectivity index (χ4n) is 2.25. The van der Waals surface area contributed by atoms with E-state index in [9.17, 15) is 4.39 Å². The van der Waals surface area contributed by atoms with E-state index in [-0.39, 0.29) is 5.82 Å². The number of hydrogen-bond acceptors (Lipinski definition) is 6. The van der Waals surface area contributed by atoms with E-state index in [0.29, 0.717) is 33.5 Å². The molecular weight excluding hydrogens is 377 g/mol. The molecule has 0 bridgehead atoms. The highest BCUT2D eigenvalue weighted by molar-refractivity contribution is 7.98. The van der Waals surface area contributed by atoms with Crippen LogP contribution in [0.3, 0.4) is 0 Å². The highest BCUT2D eigenvalue weighted by Crippen LogP contribution is 2.28. The van der Waals surface area contributed by atoms with Crippen molar-refractivity contribution in [2.75, 3.05) is 0 Å². The first-order valence-corrected chi connectivity index (χ1v) is 8.97. The van der Waals surface area contributed by atoms with Crippen molar-refractivity contribution in [2.24, 2.45) is 0 Å². The summed E-state index contributed by atoms with van der Waals surface area (Å²) >= 11 is 7.30. The third kappa shape index (κ3) is 3.79. The fraction of sp³-hybridized carbons (Fsp3) is 0.0556. The summed E-state index contributed by atoms with van der Waals surface area (Å²) in [6, 6.07) is 13.3. The zero-order valence-electron chi connectivity index (χ0n) is 13.2. The first kappa shape index (κ1) is 16.8. The van der Waals surface area contributed by atoms with Crippen LogP contribution in [0, 0.1) is 5.82 Å². The number of hydrogen-bond donors (Lipinski definition) is 0. The van der Waals surface area contributed by atoms with E-state index in [1.807, 2.05) is 12.1 Å². The van der Waals surface area contributed by atoms with Crippen LogP contribution in [0.4, 0.5) is 4.39 Å². The van der Waals surface area contributed by atoms with E-state index in [4.69, 9.17) is 20.5 Å². The molecule has 0 fully saturated rings. The largest absolute Gasteiger partial charge is 0.431 e. The molecule has 8 heteroatoms. The maximum atomic E-state index is 13.0. The third-order valence-electron chi connectivity index (χ3n) is 3.48. The average Bonchev–Trinajstić information content (AvgIpc) is 3.30. The van der Waals surface area contributed by atoms with Gasteiger partial charge in [0.15, 0.2) is 5.76 Å². The Morgan fingerprint density at radius 2 is 1.92 bits per heavy atom. The predicted octanol–water partition coefficient (Wildman–Crippen LogP) is 5.48. The van der Waals surface area contributed by atoms with Crippen LogP contribution in [0.2, 0.25) is 5.02 Å². The highest BCUT2D eigenvalue weighted by Gasteiger charge is 2.12. The molecular formula is C18H11ClFN3O2S. The van der Waals surface area contributed by atoms with Gasteiger partial charge in [-0.1, -0.05) is 40.7 Å². The molecule has 130 valence electrons. The zero-order valence-corrected chi connectivity index (χ0v) is 14.8. The van der Waals surface area contributed by atoms with Crippen molar-refractivity contribution in [1.82, 2.24) is 15.1 Å². The molecule has 2 heterocycles. The van der Waals surface area contributed by atoms with E-state index in [1.54, 1.807) is 30.5 Å². The number of rotatable bonds is 5. The van der Waals surface area contributed by atoms with Crippen molar-refractivity contribution in [3.63, 3.8) is 0 Å². The lowest BCUT2D eigenvalue weighted by atomic mass is 10.2. The van der Waals surface area contributed by atoms with Gasteiger partial charge in [-0.3, -0.25) is 0 Å². The Hall–Kier alpha value is -2.64. The maximum Gasteiger partial charge on any atom is 0.256 e. The van der Waals surface area contributed by atoms with Gasteiger partial charge < -0.3 is 8.94 Å². The lowest BCUT2D eigenvalue weighted by molar-refractivity contribution is 0.391. The van der Waals surface area contributed by atoms with Crippen molar-refractivity contribution in [2.45, 2.75) is 11.0 Å². The summed E-state index contributed by atoms with van der Waals surface area (Å²) < 4.78 is 23.9.